The fourth-order valence-corrected chi connectivity index (χ4v) is 0.375. The van der Waals surface area contributed by atoms with Gasteiger partial charge in [0.05, 0.1) is 0 Å². The van der Waals surface area contributed by atoms with Gasteiger partial charge in [-0.3, -0.25) is 0 Å². The highest BCUT2D eigenvalue weighted by Crippen LogP contribution is 2.13. The van der Waals surface area contributed by atoms with Crippen molar-refractivity contribution in [1.82, 2.24) is 0 Å². The summed E-state index contributed by atoms with van der Waals surface area (Å²) in [4.78, 5) is 10.8. The third kappa shape index (κ3) is 3.83. The van der Waals surface area contributed by atoms with Crippen LogP contribution in [0.1, 0.15) is 13.8 Å². The molecule has 0 radical (unpaired) electrons. The van der Waals surface area contributed by atoms with Gasteiger partial charge in [0.25, 0.3) is 0 Å². The van der Waals surface area contributed by atoms with Crippen molar-refractivity contribution >= 4 is 17.6 Å². The van der Waals surface area contributed by atoms with Crippen molar-refractivity contribution in [3.05, 3.63) is 24.3 Å². The van der Waals surface area contributed by atoms with E-state index in [9.17, 15) is 4.79 Å². The second-order valence-electron chi connectivity index (χ2n) is 2.60. The molecule has 0 aliphatic heterocycles. The molecule has 0 atom stereocenters. The van der Waals surface area contributed by atoms with Gasteiger partial charge in [-0.25, -0.2) is 4.79 Å². The van der Waals surface area contributed by atoms with Crippen molar-refractivity contribution < 1.29 is 9.53 Å². The molecule has 0 aromatic carbocycles. The van der Waals surface area contributed by atoms with Crippen LogP contribution in [-0.4, -0.2) is 11.6 Å². The molecular weight excluding hydrogens is 164 g/mol. The summed E-state index contributed by atoms with van der Waals surface area (Å²) in [5, 5.41) is -0.125. The molecule has 0 bridgehead atoms. The number of rotatable bonds is 3. The molecule has 0 saturated heterocycles. The van der Waals surface area contributed by atoms with Gasteiger partial charge < -0.3 is 4.74 Å². The molecular formula is C8H11ClO2. The molecule has 11 heavy (non-hydrogen) atoms. The number of esters is 1. The Balaban J connectivity index is 4.15. The van der Waals surface area contributed by atoms with Gasteiger partial charge in [0.2, 0.25) is 0 Å². The number of halogens is 1. The lowest BCUT2D eigenvalue weighted by molar-refractivity contribution is -0.146. The van der Waals surface area contributed by atoms with E-state index in [0.29, 0.717) is 0 Å². The second kappa shape index (κ2) is 3.58. The van der Waals surface area contributed by atoms with Gasteiger partial charge in [-0.05, 0) is 19.9 Å². The Morgan fingerprint density at radius 1 is 1.64 bits per heavy atom. The lowest BCUT2D eigenvalue weighted by Crippen LogP contribution is -2.24. The maximum absolute atomic E-state index is 10.8. The first-order valence-corrected chi connectivity index (χ1v) is 3.48. The molecule has 0 aromatic heterocycles. The molecule has 0 aromatic rings. The minimum Gasteiger partial charge on any atom is -0.451 e. The molecule has 62 valence electrons. The van der Waals surface area contributed by atoms with Crippen LogP contribution in [0.4, 0.5) is 0 Å². The van der Waals surface area contributed by atoms with Crippen LogP contribution in [0, 0.1) is 0 Å². The van der Waals surface area contributed by atoms with Crippen LogP contribution in [0.25, 0.3) is 0 Å². The van der Waals surface area contributed by atoms with E-state index in [0.717, 1.165) is 0 Å². The van der Waals surface area contributed by atoms with Crippen LogP contribution < -0.4 is 0 Å². The summed E-state index contributed by atoms with van der Waals surface area (Å²) in [6.45, 7) is 10.1. The smallest absolute Gasteiger partial charge is 0.349 e. The maximum atomic E-state index is 10.8. The Morgan fingerprint density at radius 2 is 2.09 bits per heavy atom. The van der Waals surface area contributed by atoms with Crippen LogP contribution in [0.15, 0.2) is 24.3 Å². The minimum atomic E-state index is -0.686. The lowest BCUT2D eigenvalue weighted by Gasteiger charge is -2.19. The zero-order valence-corrected chi connectivity index (χ0v) is 7.44. The van der Waals surface area contributed by atoms with Crippen molar-refractivity contribution in [2.75, 3.05) is 0 Å². The summed E-state index contributed by atoms with van der Waals surface area (Å²) in [5.41, 5.74) is -0.686. The largest absolute Gasteiger partial charge is 0.451 e. The quantitative estimate of drug-likeness (QED) is 0.373. The molecule has 0 unspecified atom stereocenters. The molecule has 0 N–H and O–H groups in total. The first-order valence-electron chi connectivity index (χ1n) is 3.10. The molecule has 0 fully saturated rings. The number of ether oxygens (including phenoxy) is 1. The summed E-state index contributed by atoms with van der Waals surface area (Å²) < 4.78 is 4.86. The third-order valence-corrected chi connectivity index (χ3v) is 1.22. The molecule has 0 saturated carbocycles. The monoisotopic (exact) mass is 174 g/mol. The standard InChI is InChI=1S/C8H11ClO2/c1-5-8(3,4)11-7(10)6(2)9/h5H,1-2H2,3-4H3. The van der Waals surface area contributed by atoms with E-state index in [1.165, 1.54) is 6.08 Å². The van der Waals surface area contributed by atoms with Gasteiger partial charge in [-0.2, -0.15) is 0 Å². The first kappa shape index (κ1) is 10.2. The predicted octanol–water partition coefficient (Wildman–Crippen LogP) is 2.25. The number of carbonyl (C=O) groups is 1. The van der Waals surface area contributed by atoms with E-state index < -0.39 is 11.6 Å². The van der Waals surface area contributed by atoms with Gasteiger partial charge in [0.1, 0.15) is 10.6 Å². The van der Waals surface area contributed by atoms with Crippen LogP contribution in [0.3, 0.4) is 0 Å². The van der Waals surface area contributed by atoms with E-state index in [4.69, 9.17) is 16.3 Å². The topological polar surface area (TPSA) is 26.3 Å². The molecule has 0 amide bonds. The van der Waals surface area contributed by atoms with Gasteiger partial charge in [-0.1, -0.05) is 24.8 Å². The summed E-state index contributed by atoms with van der Waals surface area (Å²) in [6, 6.07) is 0. The van der Waals surface area contributed by atoms with Gasteiger partial charge in [0, 0.05) is 0 Å². The number of carbonyl (C=O) groups excluding carboxylic acids is 1. The predicted molar refractivity (Wildman–Crippen MR) is 45.4 cm³/mol. The number of hydrogen-bond acceptors (Lipinski definition) is 2. The molecule has 3 heteroatoms. The van der Waals surface area contributed by atoms with E-state index in [1.807, 2.05) is 0 Å². The zero-order valence-electron chi connectivity index (χ0n) is 6.69. The summed E-state index contributed by atoms with van der Waals surface area (Å²) >= 11 is 5.29. The van der Waals surface area contributed by atoms with Gasteiger partial charge >= 0.3 is 5.97 Å². The minimum absolute atomic E-state index is 0.125. The van der Waals surface area contributed by atoms with Gasteiger partial charge in [0.15, 0.2) is 0 Å². The normalized spacial score (nSPS) is 10.5. The van der Waals surface area contributed by atoms with Crippen molar-refractivity contribution in [3.8, 4) is 0 Å². The summed E-state index contributed by atoms with van der Waals surface area (Å²) in [7, 11) is 0. The van der Waals surface area contributed by atoms with Crippen LogP contribution in [0.2, 0.25) is 0 Å². The summed E-state index contributed by atoms with van der Waals surface area (Å²) in [5.74, 6) is -0.614. The Labute approximate surface area is 71.5 Å². The highest BCUT2D eigenvalue weighted by atomic mass is 35.5. The van der Waals surface area contributed by atoms with Gasteiger partial charge in [-0.15, -0.1) is 0 Å². The Bertz CT molecular complexity index is 194. The van der Waals surface area contributed by atoms with Crippen LogP contribution in [0.5, 0.6) is 0 Å². The zero-order chi connectivity index (χ0) is 9.07. The van der Waals surface area contributed by atoms with E-state index in [2.05, 4.69) is 13.2 Å². The molecule has 0 spiro atoms. The van der Waals surface area contributed by atoms with Crippen molar-refractivity contribution in [3.63, 3.8) is 0 Å². The van der Waals surface area contributed by atoms with Crippen LogP contribution >= 0.6 is 11.6 Å². The molecule has 2 nitrogen and oxygen atoms in total. The molecule has 0 heterocycles. The fourth-order valence-electron chi connectivity index (χ4n) is 0.336. The van der Waals surface area contributed by atoms with Crippen molar-refractivity contribution in [2.24, 2.45) is 0 Å². The van der Waals surface area contributed by atoms with E-state index in [-0.39, 0.29) is 5.03 Å². The average Bonchev–Trinajstić information content (AvgIpc) is 1.87. The Hall–Kier alpha value is -0.760. The fraction of sp³-hybridized carbons (Fsp3) is 0.375. The first-order chi connectivity index (χ1) is 4.89. The molecule has 0 rings (SSSR count). The highest BCUT2D eigenvalue weighted by molar-refractivity contribution is 6.40. The molecule has 0 aliphatic carbocycles. The second-order valence-corrected chi connectivity index (χ2v) is 3.06. The third-order valence-electron chi connectivity index (χ3n) is 1.07. The lowest BCUT2D eigenvalue weighted by atomic mass is 10.1. The van der Waals surface area contributed by atoms with Crippen molar-refractivity contribution in [1.29, 1.82) is 0 Å². The number of hydrogen-bond donors (Lipinski definition) is 0. The molecule has 0 aliphatic rings. The van der Waals surface area contributed by atoms with Crippen LogP contribution in [-0.2, 0) is 9.53 Å². The van der Waals surface area contributed by atoms with Crippen molar-refractivity contribution in [2.45, 2.75) is 19.4 Å². The van der Waals surface area contributed by atoms with E-state index >= 15 is 0 Å². The summed E-state index contributed by atoms with van der Waals surface area (Å²) in [6.07, 6.45) is 1.52. The SMILES string of the molecule is C=CC(C)(C)OC(=O)C(=C)Cl. The Kier molecular flexibility index (Phi) is 3.33. The Morgan fingerprint density at radius 3 is 2.36 bits per heavy atom. The maximum Gasteiger partial charge on any atom is 0.349 e. The average molecular weight is 175 g/mol. The highest BCUT2D eigenvalue weighted by Gasteiger charge is 2.19. The van der Waals surface area contributed by atoms with E-state index in [1.54, 1.807) is 13.8 Å².